The summed E-state index contributed by atoms with van der Waals surface area (Å²) in [6, 6.07) is 0. The summed E-state index contributed by atoms with van der Waals surface area (Å²) in [6.07, 6.45) is 6.95. The van der Waals surface area contributed by atoms with Crippen LogP contribution in [0.2, 0.25) is 0 Å². The van der Waals surface area contributed by atoms with E-state index in [1.165, 1.54) is 16.0 Å². The van der Waals surface area contributed by atoms with Crippen LogP contribution in [0.25, 0.3) is 0 Å². The highest BCUT2D eigenvalue weighted by atomic mass is 32.1. The van der Waals surface area contributed by atoms with Crippen molar-refractivity contribution in [3.05, 3.63) is 52.6 Å². The van der Waals surface area contributed by atoms with Gasteiger partial charge in [0, 0.05) is 43.4 Å². The van der Waals surface area contributed by atoms with Crippen LogP contribution in [-0.2, 0) is 33.8 Å². The third-order valence-electron chi connectivity index (χ3n) is 4.62. The fourth-order valence-corrected chi connectivity index (χ4v) is 4.29. The minimum absolute atomic E-state index is 0.240. The minimum Gasteiger partial charge on any atom is -0.497 e. The molecular formula is C22H33N3O3S. The largest absolute Gasteiger partial charge is 0.497 e. The molecule has 7 heteroatoms. The van der Waals surface area contributed by atoms with Crippen molar-refractivity contribution >= 4 is 28.5 Å². The zero-order valence-electron chi connectivity index (χ0n) is 17.8. The fraction of sp³-hybridized carbons (Fsp3) is 0.455. The van der Waals surface area contributed by atoms with Gasteiger partial charge in [0.15, 0.2) is 0 Å². The lowest BCUT2D eigenvalue weighted by atomic mass is 10.0. The zero-order chi connectivity index (χ0) is 21.8. The SMILES string of the molecule is C=C/C(=C\C(=C)CCC=O)OC.CCC(=O)N1CCc2c(sc(NC)c2CN)C1. The van der Waals surface area contributed by atoms with Crippen molar-refractivity contribution in [2.75, 3.05) is 26.0 Å². The van der Waals surface area contributed by atoms with Crippen LogP contribution in [0.15, 0.2) is 36.6 Å². The molecule has 2 heterocycles. The van der Waals surface area contributed by atoms with Crippen molar-refractivity contribution in [2.45, 2.75) is 45.7 Å². The van der Waals surface area contributed by atoms with Gasteiger partial charge in [-0.2, -0.15) is 0 Å². The molecule has 1 amide bonds. The van der Waals surface area contributed by atoms with Crippen molar-refractivity contribution in [1.82, 2.24) is 4.90 Å². The van der Waals surface area contributed by atoms with Crippen LogP contribution < -0.4 is 11.1 Å². The van der Waals surface area contributed by atoms with Gasteiger partial charge in [0.1, 0.15) is 12.0 Å². The monoisotopic (exact) mass is 419 g/mol. The van der Waals surface area contributed by atoms with Gasteiger partial charge in [-0.05, 0) is 30.6 Å². The number of ether oxygens (including phenoxy) is 1. The van der Waals surface area contributed by atoms with E-state index in [0.29, 0.717) is 31.6 Å². The summed E-state index contributed by atoms with van der Waals surface area (Å²) < 4.78 is 4.94. The summed E-state index contributed by atoms with van der Waals surface area (Å²) in [5.41, 5.74) is 9.27. The predicted molar refractivity (Wildman–Crippen MR) is 121 cm³/mol. The molecule has 0 aromatic carbocycles. The standard InChI is InChI=1S/C12H19N3OS.C10H14O2/c1-3-11(16)15-5-4-8-9(6-13)12(14-2)17-10(8)7-15;1-4-10(12-3)8-9(2)6-5-7-11/h14H,3-7,13H2,1-2H3;4,7-8H,1-2,5-6H2,3H3/b;10-8+. The van der Waals surface area contributed by atoms with Gasteiger partial charge in [0.2, 0.25) is 5.91 Å². The van der Waals surface area contributed by atoms with E-state index in [1.807, 2.05) is 18.9 Å². The van der Waals surface area contributed by atoms with E-state index in [-0.39, 0.29) is 5.91 Å². The van der Waals surface area contributed by atoms with Gasteiger partial charge in [-0.25, -0.2) is 0 Å². The molecule has 0 aliphatic carbocycles. The number of aldehydes is 1. The van der Waals surface area contributed by atoms with Crippen LogP contribution in [0, 0.1) is 0 Å². The lowest BCUT2D eigenvalue weighted by Crippen LogP contribution is -2.35. The Bertz CT molecular complexity index is 753. The van der Waals surface area contributed by atoms with Crippen LogP contribution in [0.4, 0.5) is 5.00 Å². The molecule has 0 saturated heterocycles. The number of fused-ring (bicyclic) bond motifs is 1. The molecule has 0 fully saturated rings. The Morgan fingerprint density at radius 1 is 1.45 bits per heavy atom. The van der Waals surface area contributed by atoms with Gasteiger partial charge < -0.3 is 25.5 Å². The van der Waals surface area contributed by atoms with Crippen LogP contribution in [-0.4, -0.2) is 37.8 Å². The summed E-state index contributed by atoms with van der Waals surface area (Å²) in [7, 11) is 3.49. The molecule has 0 atom stereocenters. The van der Waals surface area contributed by atoms with Crippen molar-refractivity contribution in [2.24, 2.45) is 5.73 Å². The second-order valence-electron chi connectivity index (χ2n) is 6.50. The number of amides is 1. The maximum Gasteiger partial charge on any atom is 0.222 e. The summed E-state index contributed by atoms with van der Waals surface area (Å²) >= 11 is 1.73. The minimum atomic E-state index is 0.240. The molecule has 1 aromatic rings. The second-order valence-corrected chi connectivity index (χ2v) is 7.61. The first kappa shape index (κ1) is 24.7. The highest BCUT2D eigenvalue weighted by molar-refractivity contribution is 7.16. The Kier molecular flexibility index (Phi) is 11.0. The molecule has 1 aliphatic rings. The van der Waals surface area contributed by atoms with Crippen LogP contribution in [0.3, 0.4) is 0 Å². The number of carbonyl (C=O) groups is 2. The van der Waals surface area contributed by atoms with Crippen LogP contribution in [0.5, 0.6) is 0 Å². The third-order valence-corrected chi connectivity index (χ3v) is 5.90. The maximum atomic E-state index is 11.7. The lowest BCUT2D eigenvalue weighted by molar-refractivity contribution is -0.131. The van der Waals surface area contributed by atoms with E-state index >= 15 is 0 Å². The smallest absolute Gasteiger partial charge is 0.222 e. The highest BCUT2D eigenvalue weighted by Crippen LogP contribution is 2.36. The van der Waals surface area contributed by atoms with Gasteiger partial charge in [0.25, 0.3) is 0 Å². The number of nitrogens with two attached hydrogens (primary N) is 1. The summed E-state index contributed by atoms with van der Waals surface area (Å²) in [5, 5.41) is 4.35. The fourth-order valence-electron chi connectivity index (χ4n) is 3.04. The molecule has 0 bridgehead atoms. The number of rotatable bonds is 9. The van der Waals surface area contributed by atoms with Gasteiger partial charge in [0.05, 0.1) is 18.7 Å². The number of anilines is 1. The maximum absolute atomic E-state index is 11.7. The summed E-state index contributed by atoms with van der Waals surface area (Å²) in [6.45, 7) is 11.4. The Morgan fingerprint density at radius 2 is 2.17 bits per heavy atom. The van der Waals surface area contributed by atoms with E-state index in [9.17, 15) is 9.59 Å². The number of hydrogen-bond donors (Lipinski definition) is 2. The molecule has 6 nitrogen and oxygen atoms in total. The number of hydrogen-bond acceptors (Lipinski definition) is 6. The Hall–Kier alpha value is -2.38. The number of thiophene rings is 1. The first-order valence-corrected chi connectivity index (χ1v) is 10.6. The van der Waals surface area contributed by atoms with Gasteiger partial charge in [-0.3, -0.25) is 4.79 Å². The van der Waals surface area contributed by atoms with E-state index in [1.54, 1.807) is 30.6 Å². The van der Waals surface area contributed by atoms with Crippen LogP contribution >= 0.6 is 11.3 Å². The number of carbonyl (C=O) groups excluding carboxylic acids is 2. The Balaban J connectivity index is 0.000000311. The quantitative estimate of drug-likeness (QED) is 0.361. The molecule has 0 unspecified atom stereocenters. The predicted octanol–water partition coefficient (Wildman–Crippen LogP) is 3.78. The summed E-state index contributed by atoms with van der Waals surface area (Å²) in [5.74, 6) is 0.912. The molecule has 1 aromatic heterocycles. The van der Waals surface area contributed by atoms with Crippen LogP contribution in [0.1, 0.15) is 42.2 Å². The lowest BCUT2D eigenvalue weighted by Gasteiger charge is -2.27. The number of nitrogens with one attached hydrogen (secondary N) is 1. The first-order valence-electron chi connectivity index (χ1n) is 9.74. The molecule has 0 saturated carbocycles. The van der Waals surface area contributed by atoms with Gasteiger partial charge >= 0.3 is 0 Å². The van der Waals surface area contributed by atoms with E-state index < -0.39 is 0 Å². The molecule has 0 spiro atoms. The van der Waals surface area contributed by atoms with Crippen molar-refractivity contribution in [3.8, 4) is 0 Å². The van der Waals surface area contributed by atoms with Crippen molar-refractivity contribution in [1.29, 1.82) is 0 Å². The molecule has 29 heavy (non-hydrogen) atoms. The third kappa shape index (κ3) is 7.18. The van der Waals surface area contributed by atoms with Crippen molar-refractivity contribution in [3.63, 3.8) is 0 Å². The number of allylic oxidation sites excluding steroid dienone is 3. The molecule has 3 N–H and O–H groups in total. The average Bonchev–Trinajstić information content (AvgIpc) is 3.12. The normalized spacial score (nSPS) is 13.0. The zero-order valence-corrected chi connectivity index (χ0v) is 18.6. The topological polar surface area (TPSA) is 84.7 Å². The van der Waals surface area contributed by atoms with E-state index in [0.717, 1.165) is 36.4 Å². The Labute approximate surface area is 178 Å². The highest BCUT2D eigenvalue weighted by Gasteiger charge is 2.25. The van der Waals surface area contributed by atoms with Gasteiger partial charge in [-0.15, -0.1) is 11.3 Å². The molecular weight excluding hydrogens is 386 g/mol. The van der Waals surface area contributed by atoms with E-state index in [2.05, 4.69) is 18.5 Å². The number of methoxy groups -OCH3 is 1. The van der Waals surface area contributed by atoms with Crippen molar-refractivity contribution < 1.29 is 14.3 Å². The van der Waals surface area contributed by atoms with E-state index in [4.69, 9.17) is 10.5 Å². The Morgan fingerprint density at radius 3 is 2.69 bits per heavy atom. The second kappa shape index (κ2) is 13.0. The molecule has 0 radical (unpaired) electrons. The molecule has 1 aliphatic heterocycles. The molecule has 2 rings (SSSR count). The summed E-state index contributed by atoms with van der Waals surface area (Å²) in [4.78, 5) is 25.0. The number of nitrogens with zero attached hydrogens (tertiary/aromatic N) is 1. The molecule has 160 valence electrons. The first-order chi connectivity index (χ1) is 13.9. The average molecular weight is 420 g/mol. The van der Waals surface area contributed by atoms with Gasteiger partial charge in [-0.1, -0.05) is 25.7 Å².